The molecule has 0 heterocycles. The first-order valence-corrected chi connectivity index (χ1v) is 6.60. The van der Waals surface area contributed by atoms with Crippen molar-refractivity contribution in [1.29, 1.82) is 0 Å². The van der Waals surface area contributed by atoms with Gasteiger partial charge in [-0.3, -0.25) is 0 Å². The van der Waals surface area contributed by atoms with Gasteiger partial charge in [0.15, 0.2) is 0 Å². The van der Waals surface area contributed by atoms with Gasteiger partial charge < -0.3 is 15.8 Å². The van der Waals surface area contributed by atoms with Crippen molar-refractivity contribution in [3.63, 3.8) is 0 Å². The fourth-order valence-electron chi connectivity index (χ4n) is 1.73. The van der Waals surface area contributed by atoms with Gasteiger partial charge in [0.1, 0.15) is 16.6 Å². The number of benzene rings is 2. The lowest BCUT2D eigenvalue weighted by Gasteiger charge is -2.10. The van der Waals surface area contributed by atoms with Crippen molar-refractivity contribution in [2.45, 2.75) is 6.92 Å². The maximum absolute atomic E-state index is 13.9. The lowest BCUT2D eigenvalue weighted by Crippen LogP contribution is -2.09. The van der Waals surface area contributed by atoms with Gasteiger partial charge in [0, 0.05) is 11.3 Å². The molecule has 3 nitrogen and oxygen atoms in total. The highest BCUT2D eigenvalue weighted by Crippen LogP contribution is 2.23. The molecule has 0 aliphatic carbocycles. The van der Waals surface area contributed by atoms with Crippen molar-refractivity contribution in [2.24, 2.45) is 5.73 Å². The van der Waals surface area contributed by atoms with Crippen molar-refractivity contribution < 1.29 is 9.13 Å². The van der Waals surface area contributed by atoms with Crippen LogP contribution in [0.25, 0.3) is 0 Å². The first-order valence-electron chi connectivity index (χ1n) is 6.19. The average Bonchev–Trinajstić information content (AvgIpc) is 2.43. The highest BCUT2D eigenvalue weighted by atomic mass is 32.1. The molecule has 0 fully saturated rings. The van der Waals surface area contributed by atoms with E-state index < -0.39 is 5.82 Å². The van der Waals surface area contributed by atoms with E-state index in [-0.39, 0.29) is 4.99 Å². The molecule has 2 aromatic carbocycles. The second-order valence-electron chi connectivity index (χ2n) is 4.14. The van der Waals surface area contributed by atoms with E-state index in [2.05, 4.69) is 5.32 Å². The van der Waals surface area contributed by atoms with E-state index in [1.165, 1.54) is 6.07 Å². The maximum Gasteiger partial charge on any atom is 0.147 e. The van der Waals surface area contributed by atoms with Crippen LogP contribution in [0.1, 0.15) is 12.5 Å². The Morgan fingerprint density at radius 3 is 2.50 bits per heavy atom. The number of nitrogens with one attached hydrogen (secondary N) is 1. The van der Waals surface area contributed by atoms with Crippen LogP contribution in [0, 0.1) is 5.82 Å². The summed E-state index contributed by atoms with van der Waals surface area (Å²) in [6.45, 7) is 2.53. The Morgan fingerprint density at radius 2 is 1.95 bits per heavy atom. The van der Waals surface area contributed by atoms with Gasteiger partial charge in [0.25, 0.3) is 0 Å². The van der Waals surface area contributed by atoms with Crippen LogP contribution < -0.4 is 15.8 Å². The zero-order chi connectivity index (χ0) is 14.5. The van der Waals surface area contributed by atoms with Crippen LogP contribution >= 0.6 is 12.2 Å². The van der Waals surface area contributed by atoms with E-state index >= 15 is 0 Å². The van der Waals surface area contributed by atoms with E-state index in [0.29, 0.717) is 17.9 Å². The Bertz CT molecular complexity index is 614. The van der Waals surface area contributed by atoms with Crippen molar-refractivity contribution in [3.8, 4) is 5.75 Å². The second-order valence-corrected chi connectivity index (χ2v) is 4.58. The summed E-state index contributed by atoms with van der Waals surface area (Å²) in [7, 11) is 0. The molecular weight excluding hydrogens is 275 g/mol. The summed E-state index contributed by atoms with van der Waals surface area (Å²) in [6.07, 6.45) is 0. The molecule has 0 unspecified atom stereocenters. The van der Waals surface area contributed by atoms with Crippen LogP contribution in [0.5, 0.6) is 5.75 Å². The molecule has 20 heavy (non-hydrogen) atoms. The number of rotatable bonds is 5. The molecular formula is C15H15FN2OS. The van der Waals surface area contributed by atoms with Crippen molar-refractivity contribution in [1.82, 2.24) is 0 Å². The summed E-state index contributed by atoms with van der Waals surface area (Å²) in [5.74, 6) is 0.381. The van der Waals surface area contributed by atoms with Gasteiger partial charge in [-0.25, -0.2) is 4.39 Å². The maximum atomic E-state index is 13.9. The third kappa shape index (κ3) is 3.45. The molecule has 0 aromatic heterocycles. The SMILES string of the molecule is CCOc1ccc(Nc2ccc(C(N)=S)cc2F)cc1. The minimum atomic E-state index is -0.399. The lowest BCUT2D eigenvalue weighted by atomic mass is 10.2. The highest BCUT2D eigenvalue weighted by Gasteiger charge is 2.05. The number of nitrogens with two attached hydrogens (primary N) is 1. The van der Waals surface area contributed by atoms with E-state index in [0.717, 1.165) is 11.4 Å². The molecule has 104 valence electrons. The zero-order valence-electron chi connectivity index (χ0n) is 11.0. The molecule has 0 atom stereocenters. The van der Waals surface area contributed by atoms with Gasteiger partial charge in [0.2, 0.25) is 0 Å². The fourth-order valence-corrected chi connectivity index (χ4v) is 1.85. The van der Waals surface area contributed by atoms with Gasteiger partial charge in [0.05, 0.1) is 12.3 Å². The number of halogens is 1. The summed E-state index contributed by atoms with van der Waals surface area (Å²) in [4.78, 5) is 0.177. The summed E-state index contributed by atoms with van der Waals surface area (Å²) >= 11 is 4.81. The smallest absolute Gasteiger partial charge is 0.147 e. The second kappa shape index (κ2) is 6.34. The number of anilines is 2. The Balaban J connectivity index is 2.15. The predicted molar refractivity (Wildman–Crippen MR) is 83.2 cm³/mol. The monoisotopic (exact) mass is 290 g/mol. The molecule has 0 spiro atoms. The fraction of sp³-hybridized carbons (Fsp3) is 0.133. The first kappa shape index (κ1) is 14.3. The van der Waals surface area contributed by atoms with E-state index in [9.17, 15) is 4.39 Å². The normalized spacial score (nSPS) is 10.1. The van der Waals surface area contributed by atoms with Gasteiger partial charge in [-0.1, -0.05) is 12.2 Å². The zero-order valence-corrected chi connectivity index (χ0v) is 11.8. The largest absolute Gasteiger partial charge is 0.494 e. The minimum Gasteiger partial charge on any atom is -0.494 e. The van der Waals surface area contributed by atoms with Gasteiger partial charge in [-0.2, -0.15) is 0 Å². The molecule has 0 radical (unpaired) electrons. The minimum absolute atomic E-state index is 0.177. The molecule has 3 N–H and O–H groups in total. The van der Waals surface area contributed by atoms with Gasteiger partial charge in [-0.15, -0.1) is 0 Å². The van der Waals surface area contributed by atoms with E-state index in [1.54, 1.807) is 12.1 Å². The Kier molecular flexibility index (Phi) is 4.53. The number of ether oxygens (including phenoxy) is 1. The third-order valence-corrected chi connectivity index (χ3v) is 2.93. The van der Waals surface area contributed by atoms with Crippen molar-refractivity contribution in [3.05, 3.63) is 53.8 Å². The van der Waals surface area contributed by atoms with Crippen molar-refractivity contribution in [2.75, 3.05) is 11.9 Å². The number of hydrogen-bond donors (Lipinski definition) is 2. The summed E-state index contributed by atoms with van der Waals surface area (Å²) in [6, 6.07) is 11.9. The van der Waals surface area contributed by atoms with E-state index in [1.807, 2.05) is 31.2 Å². The molecule has 0 aliphatic rings. The van der Waals surface area contributed by atoms with Crippen LogP contribution in [0.4, 0.5) is 15.8 Å². The molecule has 0 amide bonds. The molecule has 2 aromatic rings. The quantitative estimate of drug-likeness (QED) is 0.826. The summed E-state index contributed by atoms with van der Waals surface area (Å²) in [5.41, 5.74) is 7.11. The molecule has 0 bridgehead atoms. The van der Waals surface area contributed by atoms with Gasteiger partial charge in [-0.05, 0) is 49.4 Å². The molecule has 2 rings (SSSR count). The van der Waals surface area contributed by atoms with Crippen LogP contribution in [-0.2, 0) is 0 Å². The number of thiocarbonyl (C=S) groups is 1. The standard InChI is InChI=1S/C15H15FN2OS/c1-2-19-12-6-4-11(5-7-12)18-14-8-3-10(15(17)20)9-13(14)16/h3-9,18H,2H2,1H3,(H2,17,20). The van der Waals surface area contributed by atoms with Crippen molar-refractivity contribution >= 4 is 28.6 Å². The highest BCUT2D eigenvalue weighted by molar-refractivity contribution is 7.80. The van der Waals surface area contributed by atoms with Crippen LogP contribution in [-0.4, -0.2) is 11.6 Å². The molecule has 0 saturated heterocycles. The number of hydrogen-bond acceptors (Lipinski definition) is 3. The molecule has 0 saturated carbocycles. The predicted octanol–water partition coefficient (Wildman–Crippen LogP) is 3.60. The summed E-state index contributed by atoms with van der Waals surface area (Å²) < 4.78 is 19.2. The summed E-state index contributed by atoms with van der Waals surface area (Å²) in [5, 5.41) is 2.99. The van der Waals surface area contributed by atoms with Gasteiger partial charge >= 0.3 is 0 Å². The lowest BCUT2D eigenvalue weighted by molar-refractivity contribution is 0.340. The Hall–Kier alpha value is -2.14. The Labute approximate surface area is 122 Å². The van der Waals surface area contributed by atoms with E-state index in [4.69, 9.17) is 22.7 Å². The van der Waals surface area contributed by atoms with Crippen LogP contribution in [0.15, 0.2) is 42.5 Å². The molecule has 0 aliphatic heterocycles. The topological polar surface area (TPSA) is 47.3 Å². The Morgan fingerprint density at radius 1 is 1.25 bits per heavy atom. The first-order chi connectivity index (χ1) is 9.60. The van der Waals surface area contributed by atoms with Crippen LogP contribution in [0.2, 0.25) is 0 Å². The molecule has 5 heteroatoms. The van der Waals surface area contributed by atoms with Crippen LogP contribution in [0.3, 0.4) is 0 Å². The third-order valence-electron chi connectivity index (χ3n) is 2.70. The average molecular weight is 290 g/mol.